The molecule has 1 aliphatic rings. The summed E-state index contributed by atoms with van der Waals surface area (Å²) < 4.78 is 10.2. The second kappa shape index (κ2) is 5.73. The lowest BCUT2D eigenvalue weighted by Crippen LogP contribution is -2.28. The molecule has 1 aromatic rings. The predicted octanol–water partition coefficient (Wildman–Crippen LogP) is 0.526. The number of likely N-dealkylation sites (tertiary alicyclic amines) is 1. The van der Waals surface area contributed by atoms with Crippen LogP contribution < -0.4 is 14.8 Å². The Hall–Kier alpha value is -2.05. The van der Waals surface area contributed by atoms with Crippen molar-refractivity contribution >= 4 is 11.9 Å². The first kappa shape index (κ1) is 13.4. The number of hydrogen-bond acceptors (Lipinski definition) is 6. The van der Waals surface area contributed by atoms with Gasteiger partial charge < -0.3 is 19.7 Å². The van der Waals surface area contributed by atoms with Gasteiger partial charge in [-0.15, -0.1) is 0 Å². The largest absolute Gasteiger partial charge is 0.481 e. The van der Waals surface area contributed by atoms with Crippen molar-refractivity contribution in [2.24, 2.45) is 0 Å². The number of nitrogens with one attached hydrogen (secondary N) is 1. The third-order valence-corrected chi connectivity index (χ3v) is 3.03. The number of amides is 1. The molecule has 2 rings (SSSR count). The van der Waals surface area contributed by atoms with E-state index in [-0.39, 0.29) is 11.9 Å². The molecule has 1 aromatic heterocycles. The summed E-state index contributed by atoms with van der Waals surface area (Å²) in [5.74, 6) is 1.40. The summed E-state index contributed by atoms with van der Waals surface area (Å²) in [6.45, 7) is 3.35. The van der Waals surface area contributed by atoms with Crippen LogP contribution in [0.3, 0.4) is 0 Å². The minimum atomic E-state index is 0.0178. The molecule has 7 nitrogen and oxygen atoms in total. The summed E-state index contributed by atoms with van der Waals surface area (Å²) in [6.07, 6.45) is 0.455. The van der Waals surface area contributed by atoms with Crippen LogP contribution in [-0.2, 0) is 4.79 Å². The van der Waals surface area contributed by atoms with Crippen molar-refractivity contribution in [1.29, 1.82) is 0 Å². The van der Waals surface area contributed by atoms with Crippen molar-refractivity contribution in [3.05, 3.63) is 6.07 Å². The second-order valence-electron chi connectivity index (χ2n) is 4.25. The minimum Gasteiger partial charge on any atom is -0.481 e. The zero-order valence-electron chi connectivity index (χ0n) is 11.3. The average molecular weight is 266 g/mol. The second-order valence-corrected chi connectivity index (χ2v) is 4.25. The van der Waals surface area contributed by atoms with Crippen LogP contribution in [0.2, 0.25) is 0 Å². The fourth-order valence-electron chi connectivity index (χ4n) is 2.03. The van der Waals surface area contributed by atoms with Gasteiger partial charge in [0.15, 0.2) is 0 Å². The van der Waals surface area contributed by atoms with E-state index in [2.05, 4.69) is 15.3 Å². The van der Waals surface area contributed by atoms with E-state index in [1.54, 1.807) is 11.0 Å². The Morgan fingerprint density at radius 1 is 1.37 bits per heavy atom. The summed E-state index contributed by atoms with van der Waals surface area (Å²) in [5, 5.41) is 3.14. The lowest BCUT2D eigenvalue weighted by atomic mass is 10.2. The molecule has 7 heteroatoms. The number of aromatic nitrogens is 2. The van der Waals surface area contributed by atoms with Gasteiger partial charge in [-0.1, -0.05) is 0 Å². The molecule has 0 aromatic carbocycles. The van der Waals surface area contributed by atoms with Gasteiger partial charge in [0, 0.05) is 19.5 Å². The maximum atomic E-state index is 11.6. The van der Waals surface area contributed by atoms with Crippen LogP contribution >= 0.6 is 0 Å². The van der Waals surface area contributed by atoms with Gasteiger partial charge in [-0.2, -0.15) is 9.97 Å². The molecule has 1 saturated heterocycles. The van der Waals surface area contributed by atoms with Crippen molar-refractivity contribution in [2.75, 3.05) is 32.6 Å². The molecule has 1 atom stereocenters. The summed E-state index contributed by atoms with van der Waals surface area (Å²) >= 11 is 0. The Balaban J connectivity index is 2.09. The molecule has 0 radical (unpaired) electrons. The van der Waals surface area contributed by atoms with Gasteiger partial charge in [0.25, 0.3) is 0 Å². The highest BCUT2D eigenvalue weighted by Crippen LogP contribution is 2.20. The molecule has 0 spiro atoms. The van der Waals surface area contributed by atoms with Crippen LogP contribution in [0.1, 0.15) is 13.3 Å². The van der Waals surface area contributed by atoms with Gasteiger partial charge >= 0.3 is 0 Å². The number of ether oxygens (including phenoxy) is 2. The van der Waals surface area contributed by atoms with Crippen LogP contribution in [0.5, 0.6) is 11.8 Å². The van der Waals surface area contributed by atoms with Crippen LogP contribution in [0, 0.1) is 0 Å². The highest BCUT2D eigenvalue weighted by molar-refractivity contribution is 5.79. The van der Waals surface area contributed by atoms with Gasteiger partial charge in [0.1, 0.15) is 0 Å². The Morgan fingerprint density at radius 2 is 2.00 bits per heavy atom. The number of rotatable bonds is 5. The van der Waals surface area contributed by atoms with E-state index in [1.165, 1.54) is 14.2 Å². The fraction of sp³-hybridized carbons (Fsp3) is 0.583. The number of nitrogens with zero attached hydrogens (tertiary/aromatic N) is 3. The Labute approximate surface area is 111 Å². The molecule has 1 N–H and O–H groups in total. The number of hydrogen-bond donors (Lipinski definition) is 1. The number of carbonyl (C=O) groups excluding carboxylic acids is 1. The molecule has 19 heavy (non-hydrogen) atoms. The summed E-state index contributed by atoms with van der Waals surface area (Å²) in [7, 11) is 3.06. The Bertz CT molecular complexity index is 444. The molecule has 0 saturated carbocycles. The molecule has 1 aliphatic heterocycles. The van der Waals surface area contributed by atoms with Crippen molar-refractivity contribution in [3.63, 3.8) is 0 Å². The lowest BCUT2D eigenvalue weighted by Gasteiger charge is -2.15. The molecule has 0 bridgehead atoms. The van der Waals surface area contributed by atoms with Crippen LogP contribution in [0.25, 0.3) is 0 Å². The monoisotopic (exact) mass is 266 g/mol. The van der Waals surface area contributed by atoms with E-state index in [1.807, 2.05) is 6.92 Å². The van der Waals surface area contributed by atoms with Gasteiger partial charge in [-0.05, 0) is 6.92 Å². The standard InChI is InChI=1S/C12H18N4O3/c1-4-16-7-8(5-11(16)17)13-12-14-9(18-2)6-10(15-12)19-3/h6,8H,4-5,7H2,1-3H3,(H,13,14,15). The number of anilines is 1. The maximum absolute atomic E-state index is 11.6. The van der Waals surface area contributed by atoms with E-state index in [9.17, 15) is 4.79 Å². The SMILES string of the molecule is CCN1CC(Nc2nc(OC)cc(OC)n2)CC1=O. The van der Waals surface area contributed by atoms with Crippen molar-refractivity contribution < 1.29 is 14.3 Å². The fourth-order valence-corrected chi connectivity index (χ4v) is 2.03. The highest BCUT2D eigenvalue weighted by atomic mass is 16.5. The lowest BCUT2D eigenvalue weighted by molar-refractivity contribution is -0.127. The molecule has 0 aliphatic carbocycles. The molecular weight excluding hydrogens is 248 g/mol. The molecule has 1 fully saturated rings. The predicted molar refractivity (Wildman–Crippen MR) is 69.4 cm³/mol. The molecular formula is C12H18N4O3. The van der Waals surface area contributed by atoms with Crippen molar-refractivity contribution in [3.8, 4) is 11.8 Å². The zero-order chi connectivity index (χ0) is 13.8. The van der Waals surface area contributed by atoms with E-state index < -0.39 is 0 Å². The van der Waals surface area contributed by atoms with E-state index in [4.69, 9.17) is 9.47 Å². The smallest absolute Gasteiger partial charge is 0.229 e. The van der Waals surface area contributed by atoms with Crippen molar-refractivity contribution in [2.45, 2.75) is 19.4 Å². The van der Waals surface area contributed by atoms with E-state index in [0.717, 1.165) is 6.54 Å². The van der Waals surface area contributed by atoms with Gasteiger partial charge in [-0.25, -0.2) is 0 Å². The first-order chi connectivity index (χ1) is 9.16. The molecule has 104 valence electrons. The van der Waals surface area contributed by atoms with Crippen LogP contribution in [0.4, 0.5) is 5.95 Å². The number of carbonyl (C=O) groups is 1. The Morgan fingerprint density at radius 3 is 2.47 bits per heavy atom. The minimum absolute atomic E-state index is 0.0178. The van der Waals surface area contributed by atoms with Gasteiger partial charge in [-0.3, -0.25) is 4.79 Å². The number of likely N-dealkylation sites (N-methyl/N-ethyl adjacent to an activating group) is 1. The first-order valence-corrected chi connectivity index (χ1v) is 6.17. The Kier molecular flexibility index (Phi) is 4.03. The first-order valence-electron chi connectivity index (χ1n) is 6.17. The molecule has 2 heterocycles. The molecule has 1 unspecified atom stereocenters. The average Bonchev–Trinajstić information content (AvgIpc) is 2.78. The van der Waals surface area contributed by atoms with E-state index in [0.29, 0.717) is 30.7 Å². The van der Waals surface area contributed by atoms with E-state index >= 15 is 0 Å². The zero-order valence-corrected chi connectivity index (χ0v) is 11.3. The molecule has 1 amide bonds. The van der Waals surface area contributed by atoms with Crippen molar-refractivity contribution in [1.82, 2.24) is 14.9 Å². The van der Waals surface area contributed by atoms with Crippen LogP contribution in [0.15, 0.2) is 6.07 Å². The van der Waals surface area contributed by atoms with Gasteiger partial charge in [0.2, 0.25) is 23.6 Å². The van der Waals surface area contributed by atoms with Crippen LogP contribution in [-0.4, -0.2) is 54.1 Å². The normalized spacial score (nSPS) is 18.6. The summed E-state index contributed by atoms with van der Waals surface area (Å²) in [6, 6.07) is 1.62. The third kappa shape index (κ3) is 3.04. The topological polar surface area (TPSA) is 76.6 Å². The van der Waals surface area contributed by atoms with Gasteiger partial charge in [0.05, 0.1) is 26.3 Å². The third-order valence-electron chi connectivity index (χ3n) is 3.03. The summed E-state index contributed by atoms with van der Waals surface area (Å²) in [5.41, 5.74) is 0. The quantitative estimate of drug-likeness (QED) is 0.837. The maximum Gasteiger partial charge on any atom is 0.229 e. The highest BCUT2D eigenvalue weighted by Gasteiger charge is 2.28. The summed E-state index contributed by atoms with van der Waals surface area (Å²) in [4.78, 5) is 21.8. The number of methoxy groups -OCH3 is 2.